The molecule has 30 heavy (non-hydrogen) atoms. The molecule has 2 aliphatic rings. The summed E-state index contributed by atoms with van der Waals surface area (Å²) in [6, 6.07) is 20.4. The Bertz CT molecular complexity index is 1220. The second-order valence-electron chi connectivity index (χ2n) is 6.84. The first-order valence-electron chi connectivity index (χ1n) is 9.28. The number of carbonyl (C=O) groups excluding carboxylic acids is 1. The van der Waals surface area contributed by atoms with Gasteiger partial charge in [0.1, 0.15) is 0 Å². The maximum atomic E-state index is 13.4. The van der Waals surface area contributed by atoms with E-state index in [1.807, 2.05) is 54.6 Å². The number of anilines is 1. The maximum Gasteiger partial charge on any atom is 0.262 e. The Morgan fingerprint density at radius 1 is 0.900 bits per heavy atom. The third-order valence-electron chi connectivity index (χ3n) is 4.94. The van der Waals surface area contributed by atoms with Gasteiger partial charge in [-0.2, -0.15) is 0 Å². The highest BCUT2D eigenvalue weighted by Gasteiger charge is 2.31. The summed E-state index contributed by atoms with van der Waals surface area (Å²) in [5.41, 5.74) is 3.64. The molecular weight excluding hydrogens is 421 g/mol. The Labute approximate surface area is 183 Å². The molecule has 148 valence electrons. The molecule has 0 saturated heterocycles. The van der Waals surface area contributed by atoms with E-state index >= 15 is 0 Å². The average molecular weight is 436 g/mol. The van der Waals surface area contributed by atoms with E-state index in [0.717, 1.165) is 16.8 Å². The molecule has 0 bridgehead atoms. The lowest BCUT2D eigenvalue weighted by molar-refractivity contribution is -0.113. The van der Waals surface area contributed by atoms with Gasteiger partial charge in [-0.25, -0.2) is 0 Å². The summed E-state index contributed by atoms with van der Waals surface area (Å²) in [6.45, 7) is 0.175. The van der Waals surface area contributed by atoms with Crippen LogP contribution in [0.15, 0.2) is 78.4 Å². The molecule has 5 rings (SSSR count). The Balaban J connectivity index is 1.62. The molecule has 1 amide bonds. The van der Waals surface area contributed by atoms with Gasteiger partial charge < -0.3 is 9.47 Å². The minimum absolute atomic E-state index is 0.154. The molecular formula is C24H15Cl2NO3. The van der Waals surface area contributed by atoms with Crippen LogP contribution in [0.2, 0.25) is 10.0 Å². The van der Waals surface area contributed by atoms with Gasteiger partial charge in [0.2, 0.25) is 6.79 Å². The fourth-order valence-electron chi connectivity index (χ4n) is 3.50. The molecule has 0 spiro atoms. The third kappa shape index (κ3) is 3.34. The minimum Gasteiger partial charge on any atom is -0.454 e. The van der Waals surface area contributed by atoms with Gasteiger partial charge in [-0.05, 0) is 47.5 Å². The van der Waals surface area contributed by atoms with Crippen LogP contribution in [0, 0.1) is 0 Å². The zero-order valence-electron chi connectivity index (χ0n) is 15.6. The summed E-state index contributed by atoms with van der Waals surface area (Å²) in [6.07, 6.45) is 3.64. The number of fused-ring (bicyclic) bond motifs is 1. The van der Waals surface area contributed by atoms with Crippen molar-refractivity contribution >= 4 is 46.6 Å². The first-order chi connectivity index (χ1) is 14.6. The van der Waals surface area contributed by atoms with E-state index in [4.69, 9.17) is 32.7 Å². The van der Waals surface area contributed by atoms with E-state index in [9.17, 15) is 4.79 Å². The SMILES string of the molecule is O=C1/C(=C/c2ccc(Cl)cc2Cl)C=C(c2ccccc2)N1c1ccc2c(c1)OCO2. The van der Waals surface area contributed by atoms with Crippen LogP contribution in [0.4, 0.5) is 5.69 Å². The number of halogens is 2. The molecule has 0 saturated carbocycles. The van der Waals surface area contributed by atoms with Gasteiger partial charge in [-0.3, -0.25) is 9.69 Å². The van der Waals surface area contributed by atoms with E-state index in [2.05, 4.69) is 0 Å². The standard InChI is InChI=1S/C24H15Cl2NO3/c25-18-7-6-16(20(26)12-18)10-17-11-21(15-4-2-1-3-5-15)27(24(17)28)19-8-9-22-23(13-19)30-14-29-22/h1-13H,14H2/b17-10+. The number of hydrogen-bond donors (Lipinski definition) is 0. The van der Waals surface area contributed by atoms with Crippen LogP contribution in [0.25, 0.3) is 11.8 Å². The van der Waals surface area contributed by atoms with Crippen LogP contribution in [-0.2, 0) is 4.79 Å². The van der Waals surface area contributed by atoms with E-state index in [-0.39, 0.29) is 12.7 Å². The first-order valence-corrected chi connectivity index (χ1v) is 10.0. The quantitative estimate of drug-likeness (QED) is 0.460. The third-order valence-corrected chi connectivity index (χ3v) is 5.50. The molecule has 2 heterocycles. The molecule has 6 heteroatoms. The maximum absolute atomic E-state index is 13.4. The average Bonchev–Trinajstić information content (AvgIpc) is 3.34. The van der Waals surface area contributed by atoms with Gasteiger partial charge in [0.25, 0.3) is 5.91 Å². The van der Waals surface area contributed by atoms with Crippen LogP contribution < -0.4 is 14.4 Å². The molecule has 2 aliphatic heterocycles. The molecule has 4 nitrogen and oxygen atoms in total. The van der Waals surface area contributed by atoms with E-state index in [1.54, 1.807) is 29.2 Å². The Kier molecular flexibility index (Phi) is 4.74. The number of ether oxygens (including phenoxy) is 2. The highest BCUT2D eigenvalue weighted by atomic mass is 35.5. The van der Waals surface area contributed by atoms with Crippen LogP contribution in [0.5, 0.6) is 11.5 Å². The van der Waals surface area contributed by atoms with E-state index in [0.29, 0.717) is 32.8 Å². The van der Waals surface area contributed by atoms with Crippen molar-refractivity contribution in [3.05, 3.63) is 99.6 Å². The number of benzene rings is 3. The van der Waals surface area contributed by atoms with Crippen molar-refractivity contribution in [2.24, 2.45) is 0 Å². The van der Waals surface area contributed by atoms with Crippen molar-refractivity contribution in [1.29, 1.82) is 0 Å². The first kappa shape index (κ1) is 18.8. The minimum atomic E-state index is -0.154. The number of nitrogens with zero attached hydrogens (tertiary/aromatic N) is 1. The Morgan fingerprint density at radius 3 is 2.50 bits per heavy atom. The zero-order chi connectivity index (χ0) is 20.7. The molecule has 0 atom stereocenters. The summed E-state index contributed by atoms with van der Waals surface area (Å²) in [5.74, 6) is 1.13. The number of hydrogen-bond acceptors (Lipinski definition) is 3. The van der Waals surface area contributed by atoms with E-state index in [1.165, 1.54) is 0 Å². The molecule has 0 radical (unpaired) electrons. The van der Waals surface area contributed by atoms with Crippen molar-refractivity contribution in [3.63, 3.8) is 0 Å². The van der Waals surface area contributed by atoms with Crippen LogP contribution >= 0.6 is 23.2 Å². The normalized spacial score (nSPS) is 16.3. The number of rotatable bonds is 3. The summed E-state index contributed by atoms with van der Waals surface area (Å²) in [7, 11) is 0. The zero-order valence-corrected chi connectivity index (χ0v) is 17.2. The molecule has 3 aromatic rings. The van der Waals surface area contributed by atoms with Crippen molar-refractivity contribution in [2.45, 2.75) is 0 Å². The summed E-state index contributed by atoms with van der Waals surface area (Å²) in [5, 5.41) is 1.03. The molecule has 0 unspecified atom stereocenters. The van der Waals surface area contributed by atoms with Crippen LogP contribution in [-0.4, -0.2) is 12.7 Å². The van der Waals surface area contributed by atoms with Crippen molar-refractivity contribution in [3.8, 4) is 11.5 Å². The highest BCUT2D eigenvalue weighted by molar-refractivity contribution is 6.35. The number of carbonyl (C=O) groups is 1. The summed E-state index contributed by atoms with van der Waals surface area (Å²) >= 11 is 12.3. The van der Waals surface area contributed by atoms with E-state index < -0.39 is 0 Å². The van der Waals surface area contributed by atoms with Crippen LogP contribution in [0.1, 0.15) is 11.1 Å². The smallest absolute Gasteiger partial charge is 0.262 e. The Hall–Kier alpha value is -3.21. The van der Waals surface area contributed by atoms with Gasteiger partial charge in [0.15, 0.2) is 11.5 Å². The fourth-order valence-corrected chi connectivity index (χ4v) is 3.97. The second-order valence-corrected chi connectivity index (χ2v) is 7.68. The predicted molar refractivity (Wildman–Crippen MR) is 119 cm³/mol. The monoisotopic (exact) mass is 435 g/mol. The largest absolute Gasteiger partial charge is 0.454 e. The molecule has 0 aliphatic carbocycles. The van der Waals surface area contributed by atoms with Crippen LogP contribution in [0.3, 0.4) is 0 Å². The van der Waals surface area contributed by atoms with Crippen molar-refractivity contribution in [2.75, 3.05) is 11.7 Å². The topological polar surface area (TPSA) is 38.8 Å². The lowest BCUT2D eigenvalue weighted by Crippen LogP contribution is -2.24. The number of amides is 1. The van der Waals surface area contributed by atoms with Gasteiger partial charge in [-0.15, -0.1) is 0 Å². The summed E-state index contributed by atoms with van der Waals surface area (Å²) < 4.78 is 10.9. The second kappa shape index (κ2) is 7.56. The predicted octanol–water partition coefficient (Wildman–Crippen LogP) is 6.19. The van der Waals surface area contributed by atoms with Gasteiger partial charge in [0, 0.05) is 21.7 Å². The molecule has 0 N–H and O–H groups in total. The van der Waals surface area contributed by atoms with Gasteiger partial charge in [-0.1, -0.05) is 59.6 Å². The fraction of sp³-hybridized carbons (Fsp3) is 0.0417. The highest BCUT2D eigenvalue weighted by Crippen LogP contribution is 2.41. The van der Waals surface area contributed by atoms with Gasteiger partial charge >= 0.3 is 0 Å². The van der Waals surface area contributed by atoms with Crippen molar-refractivity contribution < 1.29 is 14.3 Å². The molecule has 3 aromatic carbocycles. The van der Waals surface area contributed by atoms with Crippen molar-refractivity contribution in [1.82, 2.24) is 0 Å². The molecule has 0 aromatic heterocycles. The van der Waals surface area contributed by atoms with Gasteiger partial charge in [0.05, 0.1) is 11.4 Å². The summed E-state index contributed by atoms with van der Waals surface area (Å²) in [4.78, 5) is 15.1. The lowest BCUT2D eigenvalue weighted by atomic mass is 10.1. The molecule has 0 fully saturated rings. The lowest BCUT2D eigenvalue weighted by Gasteiger charge is -2.21. The Morgan fingerprint density at radius 2 is 1.70 bits per heavy atom.